The highest BCUT2D eigenvalue weighted by atomic mass is 16.1. The molecule has 2 unspecified atom stereocenters. The minimum absolute atomic E-state index is 0.0126. The van der Waals surface area contributed by atoms with E-state index in [1.807, 2.05) is 13.8 Å². The molecule has 1 aliphatic carbocycles. The summed E-state index contributed by atoms with van der Waals surface area (Å²) in [6.07, 6.45) is 8.64. The molecule has 0 saturated heterocycles. The fourth-order valence-corrected chi connectivity index (χ4v) is 2.94. The summed E-state index contributed by atoms with van der Waals surface area (Å²) in [5.41, 5.74) is -0.0126. The van der Waals surface area contributed by atoms with Gasteiger partial charge in [0.1, 0.15) is 0 Å². The van der Waals surface area contributed by atoms with Crippen LogP contribution in [0, 0.1) is 11.8 Å². The summed E-state index contributed by atoms with van der Waals surface area (Å²) in [4.78, 5) is 16.4. The molecule has 0 spiro atoms. The van der Waals surface area contributed by atoms with E-state index in [9.17, 15) is 4.79 Å². The summed E-state index contributed by atoms with van der Waals surface area (Å²) in [6, 6.07) is 0.172. The van der Waals surface area contributed by atoms with Crippen LogP contribution in [0.3, 0.4) is 0 Å². The van der Waals surface area contributed by atoms with E-state index in [1.54, 1.807) is 17.0 Å². The van der Waals surface area contributed by atoms with Crippen molar-refractivity contribution in [1.29, 1.82) is 0 Å². The summed E-state index contributed by atoms with van der Waals surface area (Å²) in [5.74, 6) is 1.99. The summed E-state index contributed by atoms with van der Waals surface area (Å²) in [5, 5.41) is 3.25. The van der Waals surface area contributed by atoms with Crippen LogP contribution < -0.4 is 10.9 Å². The molecule has 1 saturated carbocycles. The van der Waals surface area contributed by atoms with Crippen LogP contribution in [0.25, 0.3) is 0 Å². The fraction of sp³-hybridized carbons (Fsp3) is 0.733. The van der Waals surface area contributed by atoms with E-state index in [4.69, 9.17) is 0 Å². The number of nitrogens with zero attached hydrogens (tertiary/aromatic N) is 2. The average molecular weight is 263 g/mol. The molecule has 0 radical (unpaired) electrons. The molecule has 19 heavy (non-hydrogen) atoms. The van der Waals surface area contributed by atoms with Gasteiger partial charge in [-0.15, -0.1) is 0 Å². The van der Waals surface area contributed by atoms with E-state index in [2.05, 4.69) is 17.2 Å². The molecule has 1 heterocycles. The number of hydrogen-bond donors (Lipinski definition) is 1. The normalized spacial score (nSPS) is 23.6. The zero-order chi connectivity index (χ0) is 13.8. The molecule has 0 amide bonds. The lowest BCUT2D eigenvalue weighted by molar-refractivity contribution is 0.293. The van der Waals surface area contributed by atoms with Crippen LogP contribution in [0.5, 0.6) is 0 Å². The second kappa shape index (κ2) is 6.22. The maximum Gasteiger partial charge on any atom is 0.293 e. The average Bonchev–Trinajstić information content (AvgIpc) is 2.37. The van der Waals surface area contributed by atoms with E-state index in [0.29, 0.717) is 11.7 Å². The van der Waals surface area contributed by atoms with Gasteiger partial charge in [0.25, 0.3) is 5.56 Å². The van der Waals surface area contributed by atoms with Gasteiger partial charge in [-0.25, -0.2) is 4.98 Å². The van der Waals surface area contributed by atoms with Crippen LogP contribution in [0.2, 0.25) is 0 Å². The molecule has 0 aliphatic heterocycles. The van der Waals surface area contributed by atoms with E-state index in [0.717, 1.165) is 12.5 Å². The highest BCUT2D eigenvalue weighted by Crippen LogP contribution is 2.28. The van der Waals surface area contributed by atoms with Gasteiger partial charge < -0.3 is 9.88 Å². The largest absolute Gasteiger partial charge is 0.365 e. The van der Waals surface area contributed by atoms with Crippen molar-refractivity contribution in [3.63, 3.8) is 0 Å². The summed E-state index contributed by atoms with van der Waals surface area (Å²) in [6.45, 7) is 7.20. The number of hydrogen-bond acceptors (Lipinski definition) is 3. The Hall–Kier alpha value is -1.32. The van der Waals surface area contributed by atoms with Gasteiger partial charge in [-0.05, 0) is 38.5 Å². The van der Waals surface area contributed by atoms with Gasteiger partial charge in [0.15, 0.2) is 5.82 Å². The maximum absolute atomic E-state index is 12.2. The molecule has 106 valence electrons. The SMILES string of the molecule is CC1CCCC(CNc2nccn(C(C)C)c2=O)C1. The zero-order valence-corrected chi connectivity index (χ0v) is 12.2. The van der Waals surface area contributed by atoms with Crippen LogP contribution in [-0.4, -0.2) is 16.1 Å². The van der Waals surface area contributed by atoms with E-state index >= 15 is 0 Å². The van der Waals surface area contributed by atoms with E-state index in [1.165, 1.54) is 25.7 Å². The first-order chi connectivity index (χ1) is 9.08. The van der Waals surface area contributed by atoms with Gasteiger partial charge in [0.2, 0.25) is 0 Å². The minimum Gasteiger partial charge on any atom is -0.365 e. The van der Waals surface area contributed by atoms with Crippen molar-refractivity contribution in [3.8, 4) is 0 Å². The number of anilines is 1. The smallest absolute Gasteiger partial charge is 0.293 e. The third-order valence-corrected chi connectivity index (χ3v) is 4.03. The lowest BCUT2D eigenvalue weighted by Crippen LogP contribution is -2.28. The van der Waals surface area contributed by atoms with Crippen molar-refractivity contribution in [2.45, 2.75) is 52.5 Å². The summed E-state index contributed by atoms with van der Waals surface area (Å²) >= 11 is 0. The van der Waals surface area contributed by atoms with Gasteiger partial charge in [0, 0.05) is 25.0 Å². The second-order valence-corrected chi connectivity index (χ2v) is 6.10. The lowest BCUT2D eigenvalue weighted by Gasteiger charge is -2.26. The van der Waals surface area contributed by atoms with Crippen LogP contribution >= 0.6 is 0 Å². The molecule has 1 aromatic rings. The first-order valence-electron chi connectivity index (χ1n) is 7.39. The molecule has 4 nitrogen and oxygen atoms in total. The van der Waals surface area contributed by atoms with Gasteiger partial charge in [-0.3, -0.25) is 4.79 Å². The molecule has 1 N–H and O–H groups in total. The number of nitrogens with one attached hydrogen (secondary N) is 1. The predicted molar refractivity (Wildman–Crippen MR) is 78.5 cm³/mol. The van der Waals surface area contributed by atoms with Gasteiger partial charge >= 0.3 is 0 Å². The third-order valence-electron chi connectivity index (χ3n) is 4.03. The van der Waals surface area contributed by atoms with Crippen molar-refractivity contribution >= 4 is 5.82 Å². The van der Waals surface area contributed by atoms with Crippen molar-refractivity contribution in [3.05, 3.63) is 22.7 Å². The molecule has 0 bridgehead atoms. The molecule has 1 aromatic heterocycles. The van der Waals surface area contributed by atoms with E-state index in [-0.39, 0.29) is 11.6 Å². The molecular weight excluding hydrogens is 238 g/mol. The van der Waals surface area contributed by atoms with E-state index < -0.39 is 0 Å². The van der Waals surface area contributed by atoms with Crippen LogP contribution in [-0.2, 0) is 0 Å². The fourth-order valence-electron chi connectivity index (χ4n) is 2.94. The molecule has 0 aromatic carbocycles. The zero-order valence-electron chi connectivity index (χ0n) is 12.2. The Balaban J connectivity index is 2.00. The summed E-state index contributed by atoms with van der Waals surface area (Å²) in [7, 11) is 0. The first-order valence-corrected chi connectivity index (χ1v) is 7.39. The van der Waals surface area contributed by atoms with Gasteiger partial charge in [0.05, 0.1) is 0 Å². The monoisotopic (exact) mass is 263 g/mol. The van der Waals surface area contributed by atoms with Gasteiger partial charge in [-0.2, -0.15) is 0 Å². The molecule has 1 aliphatic rings. The molecule has 4 heteroatoms. The quantitative estimate of drug-likeness (QED) is 0.908. The molecule has 2 rings (SSSR count). The Morgan fingerprint density at radius 1 is 1.47 bits per heavy atom. The second-order valence-electron chi connectivity index (χ2n) is 6.10. The molecule has 2 atom stereocenters. The number of aromatic nitrogens is 2. The first kappa shape index (κ1) is 14.1. The van der Waals surface area contributed by atoms with Crippen LogP contribution in [0.15, 0.2) is 17.2 Å². The van der Waals surface area contributed by atoms with Crippen LogP contribution in [0.4, 0.5) is 5.82 Å². The van der Waals surface area contributed by atoms with Crippen molar-refractivity contribution in [1.82, 2.24) is 9.55 Å². The highest BCUT2D eigenvalue weighted by Gasteiger charge is 2.19. The Bertz CT molecular complexity index is 467. The topological polar surface area (TPSA) is 46.9 Å². The Morgan fingerprint density at radius 2 is 2.26 bits per heavy atom. The molecular formula is C15H25N3O. The van der Waals surface area contributed by atoms with Crippen LogP contribution in [0.1, 0.15) is 52.5 Å². The summed E-state index contributed by atoms with van der Waals surface area (Å²) < 4.78 is 1.72. The molecule has 1 fully saturated rings. The Labute approximate surface area is 115 Å². The lowest BCUT2D eigenvalue weighted by atomic mass is 9.82. The van der Waals surface area contributed by atoms with Crippen molar-refractivity contribution in [2.24, 2.45) is 11.8 Å². The van der Waals surface area contributed by atoms with Crippen molar-refractivity contribution in [2.75, 3.05) is 11.9 Å². The maximum atomic E-state index is 12.2. The predicted octanol–water partition coefficient (Wildman–Crippen LogP) is 3.06. The minimum atomic E-state index is -0.0126. The Morgan fingerprint density at radius 3 is 2.95 bits per heavy atom. The standard InChI is InChI=1S/C15H25N3O/c1-11(2)18-8-7-16-14(15(18)19)17-10-13-6-4-5-12(3)9-13/h7-8,11-13H,4-6,9-10H2,1-3H3,(H,16,17). The van der Waals surface area contributed by atoms with Crippen molar-refractivity contribution < 1.29 is 0 Å². The highest BCUT2D eigenvalue weighted by molar-refractivity contribution is 5.30. The van der Waals surface area contributed by atoms with Gasteiger partial charge in [-0.1, -0.05) is 19.8 Å². The number of rotatable bonds is 4. The third kappa shape index (κ3) is 3.58. The Kier molecular flexibility index (Phi) is 4.61.